The molecule has 0 saturated heterocycles. The van der Waals surface area contributed by atoms with E-state index in [0.717, 1.165) is 12.8 Å². The number of carboxylic acid groups (broad SMARTS) is 1. The first-order valence-corrected chi connectivity index (χ1v) is 7.33. The lowest BCUT2D eigenvalue weighted by Crippen LogP contribution is -2.26. The van der Waals surface area contributed by atoms with Crippen LogP contribution in [0.1, 0.15) is 45.4 Å². The van der Waals surface area contributed by atoms with E-state index in [1.165, 1.54) is 6.08 Å². The summed E-state index contributed by atoms with van der Waals surface area (Å²) in [6.45, 7) is 5.29. The summed E-state index contributed by atoms with van der Waals surface area (Å²) < 4.78 is 0. The lowest BCUT2D eigenvalue weighted by molar-refractivity contribution is -0.138. The van der Waals surface area contributed by atoms with Gasteiger partial charge < -0.3 is 20.4 Å². The van der Waals surface area contributed by atoms with Gasteiger partial charge in [0, 0.05) is 6.42 Å². The maximum Gasteiger partial charge on any atom is 0.303 e. The number of carboxylic acids is 1. The molecule has 4 N–H and O–H groups in total. The van der Waals surface area contributed by atoms with Crippen molar-refractivity contribution >= 4 is 5.97 Å². The van der Waals surface area contributed by atoms with Gasteiger partial charge in [0.15, 0.2) is 0 Å². The summed E-state index contributed by atoms with van der Waals surface area (Å²) in [7, 11) is 0. The van der Waals surface area contributed by atoms with Crippen molar-refractivity contribution in [2.75, 3.05) is 0 Å². The summed E-state index contributed by atoms with van der Waals surface area (Å²) in [5.74, 6) is -1.44. The van der Waals surface area contributed by atoms with Crippen LogP contribution in [0, 0.1) is 5.92 Å². The number of aliphatic carboxylic acids is 1. The first-order chi connectivity index (χ1) is 9.67. The molecule has 1 rings (SSSR count). The summed E-state index contributed by atoms with van der Waals surface area (Å²) in [6.07, 6.45) is 6.30. The van der Waals surface area contributed by atoms with Crippen molar-refractivity contribution in [3.63, 3.8) is 0 Å². The van der Waals surface area contributed by atoms with Gasteiger partial charge in [-0.2, -0.15) is 0 Å². The molecule has 0 heterocycles. The molecule has 0 aromatic heterocycles. The number of hydrogen-bond donors (Lipinski definition) is 4. The smallest absolute Gasteiger partial charge is 0.303 e. The predicted molar refractivity (Wildman–Crippen MR) is 79.7 cm³/mol. The average Bonchev–Trinajstić information content (AvgIpc) is 2.62. The van der Waals surface area contributed by atoms with Crippen LogP contribution in [0.15, 0.2) is 24.8 Å². The second kappa shape index (κ2) is 7.20. The molecule has 5 nitrogen and oxygen atoms in total. The summed E-state index contributed by atoms with van der Waals surface area (Å²) in [4.78, 5) is 10.7. The summed E-state index contributed by atoms with van der Waals surface area (Å²) in [5.41, 5.74) is -2.28. The number of aliphatic hydroxyl groups excluding tert-OH is 1. The van der Waals surface area contributed by atoms with E-state index >= 15 is 0 Å². The summed E-state index contributed by atoms with van der Waals surface area (Å²) in [5, 5.41) is 39.2. The fraction of sp³-hybridized carbons (Fsp3) is 0.688. The summed E-state index contributed by atoms with van der Waals surface area (Å²) >= 11 is 0. The molecule has 120 valence electrons. The zero-order chi connectivity index (χ0) is 16.1. The quantitative estimate of drug-likeness (QED) is 0.403. The molecule has 1 fully saturated rings. The Morgan fingerprint density at radius 2 is 2.14 bits per heavy atom. The maximum atomic E-state index is 10.7. The Morgan fingerprint density at radius 3 is 2.71 bits per heavy atom. The molecule has 0 radical (unpaired) electrons. The van der Waals surface area contributed by atoms with Crippen LogP contribution in [0.5, 0.6) is 0 Å². The third-order valence-electron chi connectivity index (χ3n) is 4.00. The molecule has 0 amide bonds. The van der Waals surface area contributed by atoms with E-state index in [9.17, 15) is 20.1 Å². The molecule has 0 spiro atoms. The molecule has 21 heavy (non-hydrogen) atoms. The molecule has 1 saturated carbocycles. The second-order valence-electron chi connectivity index (χ2n) is 6.31. The molecular weight excluding hydrogens is 272 g/mol. The van der Waals surface area contributed by atoms with Crippen LogP contribution in [0.2, 0.25) is 0 Å². The van der Waals surface area contributed by atoms with Crippen LogP contribution < -0.4 is 0 Å². The minimum atomic E-state index is -1.25. The van der Waals surface area contributed by atoms with Gasteiger partial charge in [-0.25, -0.2) is 0 Å². The zero-order valence-electron chi connectivity index (χ0n) is 12.5. The van der Waals surface area contributed by atoms with Crippen molar-refractivity contribution in [3.8, 4) is 0 Å². The highest BCUT2D eigenvalue weighted by Crippen LogP contribution is 2.38. The summed E-state index contributed by atoms with van der Waals surface area (Å²) in [6, 6.07) is 0. The Balaban J connectivity index is 2.62. The van der Waals surface area contributed by atoms with Gasteiger partial charge in [-0.15, -0.1) is 6.58 Å². The van der Waals surface area contributed by atoms with Gasteiger partial charge in [-0.05, 0) is 38.5 Å². The monoisotopic (exact) mass is 298 g/mol. The Kier molecular flexibility index (Phi) is 6.13. The highest BCUT2D eigenvalue weighted by molar-refractivity contribution is 5.67. The van der Waals surface area contributed by atoms with Crippen LogP contribution in [0.4, 0.5) is 0 Å². The molecular formula is C16H26O5. The largest absolute Gasteiger partial charge is 0.481 e. The third kappa shape index (κ3) is 5.99. The minimum absolute atomic E-state index is 0.101. The van der Waals surface area contributed by atoms with Crippen molar-refractivity contribution in [2.24, 2.45) is 5.92 Å². The molecule has 1 unspecified atom stereocenters. The van der Waals surface area contributed by atoms with Crippen LogP contribution in [-0.4, -0.2) is 43.7 Å². The molecule has 0 aromatic rings. The van der Waals surface area contributed by atoms with Gasteiger partial charge in [0.2, 0.25) is 0 Å². The average molecular weight is 298 g/mol. The van der Waals surface area contributed by atoms with Crippen molar-refractivity contribution in [1.82, 2.24) is 0 Å². The minimum Gasteiger partial charge on any atom is -0.481 e. The number of aliphatic hydroxyl groups is 3. The van der Waals surface area contributed by atoms with E-state index in [1.54, 1.807) is 19.1 Å². The molecule has 0 aliphatic heterocycles. The third-order valence-corrected chi connectivity index (χ3v) is 4.00. The highest BCUT2D eigenvalue weighted by Gasteiger charge is 2.42. The number of hydrogen-bond acceptors (Lipinski definition) is 4. The zero-order valence-corrected chi connectivity index (χ0v) is 12.5. The molecule has 5 heteroatoms. The number of allylic oxidation sites excluding steroid dienone is 1. The van der Waals surface area contributed by atoms with Crippen LogP contribution in [0.3, 0.4) is 0 Å². The lowest BCUT2D eigenvalue weighted by atomic mass is 9.93. The van der Waals surface area contributed by atoms with Gasteiger partial charge in [0.1, 0.15) is 0 Å². The predicted octanol–water partition coefficient (Wildman–Crippen LogP) is 1.63. The van der Waals surface area contributed by atoms with Gasteiger partial charge in [0.05, 0.1) is 23.7 Å². The van der Waals surface area contributed by atoms with Crippen LogP contribution >= 0.6 is 0 Å². The number of rotatable bonds is 8. The fourth-order valence-electron chi connectivity index (χ4n) is 2.79. The Morgan fingerprint density at radius 1 is 1.48 bits per heavy atom. The molecule has 0 aromatic carbocycles. The highest BCUT2D eigenvalue weighted by atomic mass is 16.4. The Labute approximate surface area is 125 Å². The van der Waals surface area contributed by atoms with E-state index in [2.05, 4.69) is 6.58 Å². The standard InChI is InChI=1S/C16H26O5/c1-3-4-5-6-15(2,20)7-8-16(21)10-12(9-14(18)19)13(17)11-16/h3,7-8,12-13,17,20-21H,1,4-6,9-11H2,2H3,(H,18,19)/t12-,13+,15?,16+/m1/s1. The van der Waals surface area contributed by atoms with E-state index < -0.39 is 29.2 Å². The van der Waals surface area contributed by atoms with E-state index in [-0.39, 0.29) is 19.3 Å². The molecule has 4 atom stereocenters. The Hall–Kier alpha value is -1.17. The van der Waals surface area contributed by atoms with Gasteiger partial charge in [-0.1, -0.05) is 18.2 Å². The van der Waals surface area contributed by atoms with Crippen molar-refractivity contribution < 1.29 is 25.2 Å². The second-order valence-corrected chi connectivity index (χ2v) is 6.31. The first-order valence-electron chi connectivity index (χ1n) is 7.33. The van der Waals surface area contributed by atoms with E-state index in [1.807, 2.05) is 0 Å². The topological polar surface area (TPSA) is 98.0 Å². The SMILES string of the molecule is C=CCCCC(C)(O)C=C[C@]1(O)C[C@@H](CC(=O)O)[C@@H](O)C1. The fourth-order valence-corrected chi connectivity index (χ4v) is 2.79. The van der Waals surface area contributed by atoms with Crippen molar-refractivity contribution in [2.45, 2.75) is 62.8 Å². The molecule has 0 bridgehead atoms. The number of carbonyl (C=O) groups is 1. The van der Waals surface area contributed by atoms with E-state index in [4.69, 9.17) is 5.11 Å². The van der Waals surface area contributed by atoms with Crippen LogP contribution in [0.25, 0.3) is 0 Å². The molecule has 1 aliphatic rings. The van der Waals surface area contributed by atoms with E-state index in [0.29, 0.717) is 6.42 Å². The van der Waals surface area contributed by atoms with Crippen molar-refractivity contribution in [3.05, 3.63) is 24.8 Å². The normalized spacial score (nSPS) is 32.2. The van der Waals surface area contributed by atoms with Crippen LogP contribution in [-0.2, 0) is 4.79 Å². The van der Waals surface area contributed by atoms with Gasteiger partial charge in [-0.3, -0.25) is 4.79 Å². The van der Waals surface area contributed by atoms with Gasteiger partial charge in [0.25, 0.3) is 0 Å². The maximum absolute atomic E-state index is 10.7. The lowest BCUT2D eigenvalue weighted by Gasteiger charge is -2.23. The number of unbranched alkanes of at least 4 members (excludes halogenated alkanes) is 1. The van der Waals surface area contributed by atoms with Gasteiger partial charge >= 0.3 is 5.97 Å². The van der Waals surface area contributed by atoms with Crippen molar-refractivity contribution in [1.29, 1.82) is 0 Å². The Bertz CT molecular complexity index is 401. The molecule has 1 aliphatic carbocycles. The first kappa shape index (κ1) is 17.9.